The highest BCUT2D eigenvalue weighted by atomic mass is 19.1. The van der Waals surface area contributed by atoms with Crippen LogP contribution >= 0.6 is 0 Å². The van der Waals surface area contributed by atoms with Gasteiger partial charge in [0.05, 0.1) is 24.1 Å². The van der Waals surface area contributed by atoms with Gasteiger partial charge in [0.1, 0.15) is 5.82 Å². The fourth-order valence-corrected chi connectivity index (χ4v) is 4.13. The van der Waals surface area contributed by atoms with Crippen LogP contribution in [0.25, 0.3) is 0 Å². The summed E-state index contributed by atoms with van der Waals surface area (Å²) in [6.07, 6.45) is 2.18. The molecule has 0 atom stereocenters. The van der Waals surface area contributed by atoms with Crippen LogP contribution in [0, 0.1) is 11.7 Å². The number of nitrogens with one attached hydrogen (secondary N) is 1. The molecule has 1 fully saturated rings. The molecule has 7 nitrogen and oxygen atoms in total. The number of likely N-dealkylation sites (tertiary alicyclic amines) is 1. The summed E-state index contributed by atoms with van der Waals surface area (Å²) in [5, 5.41) is 2.86. The zero-order valence-electron chi connectivity index (χ0n) is 17.9. The second-order valence-electron chi connectivity index (χ2n) is 8.45. The smallest absolute Gasteiger partial charge is 0.328 e. The molecular weight excluding hydrogens is 389 g/mol. The maximum absolute atomic E-state index is 13.7. The van der Waals surface area contributed by atoms with Gasteiger partial charge in [-0.15, -0.1) is 0 Å². The molecule has 0 aliphatic carbocycles. The number of carbonyl (C=O) groups excluding carboxylic acids is 3. The van der Waals surface area contributed by atoms with E-state index in [9.17, 15) is 18.8 Å². The number of imide groups is 1. The molecule has 2 aliphatic heterocycles. The van der Waals surface area contributed by atoms with Crippen molar-refractivity contribution in [1.82, 2.24) is 10.2 Å². The van der Waals surface area contributed by atoms with Gasteiger partial charge in [-0.05, 0) is 70.3 Å². The summed E-state index contributed by atoms with van der Waals surface area (Å²) in [6.45, 7) is 8.51. The SMILES string of the molecule is CCOC(=O)CCN1CCC(CNC(=O)N2C(=O)C(C)(C)c3ccc(F)cc32)CC1. The number of nitrogens with zero attached hydrogens (tertiary/aromatic N) is 2. The van der Waals surface area contributed by atoms with E-state index in [0.29, 0.717) is 43.3 Å². The molecule has 0 spiro atoms. The molecule has 0 bridgehead atoms. The Morgan fingerprint density at radius 1 is 1.27 bits per heavy atom. The van der Waals surface area contributed by atoms with Gasteiger partial charge in [-0.25, -0.2) is 14.1 Å². The predicted molar refractivity (Wildman–Crippen MR) is 111 cm³/mol. The van der Waals surface area contributed by atoms with Crippen LogP contribution < -0.4 is 10.2 Å². The highest BCUT2D eigenvalue weighted by Crippen LogP contribution is 2.41. The number of hydrogen-bond acceptors (Lipinski definition) is 5. The lowest BCUT2D eigenvalue weighted by Gasteiger charge is -2.32. The molecule has 0 unspecified atom stereocenters. The molecule has 0 saturated carbocycles. The summed E-state index contributed by atoms with van der Waals surface area (Å²) in [7, 11) is 0. The van der Waals surface area contributed by atoms with Gasteiger partial charge in [0.25, 0.3) is 0 Å². The standard InChI is InChI=1S/C22H30FN3O4/c1-4-30-19(27)9-12-25-10-7-15(8-11-25)14-24-21(29)26-18-13-16(23)5-6-17(18)22(2,3)20(26)28/h5-6,13,15H,4,7-12,14H2,1-3H3,(H,24,29). The second-order valence-corrected chi connectivity index (χ2v) is 8.45. The Hall–Kier alpha value is -2.48. The van der Waals surface area contributed by atoms with Crippen LogP contribution in [-0.2, 0) is 19.7 Å². The van der Waals surface area contributed by atoms with Gasteiger partial charge in [0.2, 0.25) is 5.91 Å². The first kappa shape index (κ1) is 22.2. The monoisotopic (exact) mass is 419 g/mol. The minimum absolute atomic E-state index is 0.179. The lowest BCUT2D eigenvalue weighted by molar-refractivity contribution is -0.143. The summed E-state index contributed by atoms with van der Waals surface area (Å²) >= 11 is 0. The van der Waals surface area contributed by atoms with Crippen LogP contribution in [0.1, 0.15) is 45.6 Å². The third-order valence-corrected chi connectivity index (χ3v) is 6.00. The molecule has 0 radical (unpaired) electrons. The van der Waals surface area contributed by atoms with Crippen molar-refractivity contribution >= 4 is 23.6 Å². The normalized spacial score (nSPS) is 18.9. The lowest BCUT2D eigenvalue weighted by Crippen LogP contribution is -2.47. The van der Waals surface area contributed by atoms with Gasteiger partial charge in [-0.2, -0.15) is 0 Å². The van der Waals surface area contributed by atoms with Crippen molar-refractivity contribution in [3.63, 3.8) is 0 Å². The highest BCUT2D eigenvalue weighted by Gasteiger charge is 2.46. The number of benzene rings is 1. The average Bonchev–Trinajstić information content (AvgIpc) is 2.90. The molecule has 2 heterocycles. The van der Waals surface area contributed by atoms with E-state index in [2.05, 4.69) is 10.2 Å². The molecule has 3 rings (SSSR count). The fraction of sp³-hybridized carbons (Fsp3) is 0.591. The molecule has 1 saturated heterocycles. The van der Waals surface area contributed by atoms with E-state index in [4.69, 9.17) is 4.74 Å². The van der Waals surface area contributed by atoms with Crippen LogP contribution in [0.15, 0.2) is 18.2 Å². The molecule has 30 heavy (non-hydrogen) atoms. The number of hydrogen-bond donors (Lipinski definition) is 1. The maximum Gasteiger partial charge on any atom is 0.328 e. The summed E-state index contributed by atoms with van der Waals surface area (Å²) in [5.41, 5.74) is 0.0974. The number of carbonyl (C=O) groups is 3. The van der Waals surface area contributed by atoms with Crippen molar-refractivity contribution in [3.05, 3.63) is 29.6 Å². The fourth-order valence-electron chi connectivity index (χ4n) is 4.13. The van der Waals surface area contributed by atoms with Crippen molar-refractivity contribution < 1.29 is 23.5 Å². The van der Waals surface area contributed by atoms with Gasteiger partial charge in [0, 0.05) is 13.1 Å². The van der Waals surface area contributed by atoms with Gasteiger partial charge < -0.3 is 15.0 Å². The van der Waals surface area contributed by atoms with E-state index in [1.54, 1.807) is 26.8 Å². The van der Waals surface area contributed by atoms with Crippen molar-refractivity contribution in [2.75, 3.05) is 37.7 Å². The number of fused-ring (bicyclic) bond motifs is 1. The molecular formula is C22H30FN3O4. The summed E-state index contributed by atoms with van der Waals surface area (Å²) in [6, 6.07) is 3.61. The van der Waals surface area contributed by atoms with Gasteiger partial charge in [0.15, 0.2) is 0 Å². The van der Waals surface area contributed by atoms with E-state index in [1.165, 1.54) is 12.1 Å². The first-order valence-corrected chi connectivity index (χ1v) is 10.5. The molecule has 3 amide bonds. The Bertz CT molecular complexity index is 819. The minimum atomic E-state index is -0.870. The zero-order valence-corrected chi connectivity index (χ0v) is 17.9. The molecule has 1 N–H and O–H groups in total. The van der Waals surface area contributed by atoms with Crippen LogP contribution in [0.4, 0.5) is 14.9 Å². The minimum Gasteiger partial charge on any atom is -0.466 e. The van der Waals surface area contributed by atoms with Crippen molar-refractivity contribution in [2.24, 2.45) is 5.92 Å². The van der Waals surface area contributed by atoms with Crippen molar-refractivity contribution in [3.8, 4) is 0 Å². The summed E-state index contributed by atoms with van der Waals surface area (Å²) in [4.78, 5) is 40.3. The molecule has 1 aromatic rings. The number of amides is 3. The number of rotatable bonds is 6. The first-order chi connectivity index (χ1) is 14.2. The van der Waals surface area contributed by atoms with Crippen LogP contribution in [0.5, 0.6) is 0 Å². The van der Waals surface area contributed by atoms with E-state index in [-0.39, 0.29) is 11.9 Å². The average molecular weight is 419 g/mol. The largest absolute Gasteiger partial charge is 0.466 e. The third kappa shape index (κ3) is 4.64. The molecule has 8 heteroatoms. The number of piperidine rings is 1. The Morgan fingerprint density at radius 2 is 1.97 bits per heavy atom. The van der Waals surface area contributed by atoms with Crippen LogP contribution in [-0.4, -0.2) is 55.6 Å². The van der Waals surface area contributed by atoms with Gasteiger partial charge in [-0.1, -0.05) is 6.07 Å². The summed E-state index contributed by atoms with van der Waals surface area (Å²) < 4.78 is 18.7. The van der Waals surface area contributed by atoms with Gasteiger partial charge in [-0.3, -0.25) is 9.59 Å². The number of halogens is 1. The Morgan fingerprint density at radius 3 is 2.63 bits per heavy atom. The number of urea groups is 1. The highest BCUT2D eigenvalue weighted by molar-refractivity contribution is 6.22. The van der Waals surface area contributed by atoms with Gasteiger partial charge >= 0.3 is 12.0 Å². The number of anilines is 1. The number of ether oxygens (including phenoxy) is 1. The van der Waals surface area contributed by atoms with Crippen molar-refractivity contribution in [2.45, 2.75) is 45.4 Å². The first-order valence-electron chi connectivity index (χ1n) is 10.5. The Labute approximate surface area is 176 Å². The van der Waals surface area contributed by atoms with E-state index < -0.39 is 17.3 Å². The third-order valence-electron chi connectivity index (χ3n) is 6.00. The quantitative estimate of drug-likeness (QED) is 0.718. The maximum atomic E-state index is 13.7. The van der Waals surface area contributed by atoms with E-state index in [1.807, 2.05) is 0 Å². The molecule has 164 valence electrons. The van der Waals surface area contributed by atoms with E-state index >= 15 is 0 Å². The predicted octanol–water partition coefficient (Wildman–Crippen LogP) is 2.82. The zero-order chi connectivity index (χ0) is 21.9. The van der Waals surface area contributed by atoms with Crippen LogP contribution in [0.3, 0.4) is 0 Å². The van der Waals surface area contributed by atoms with E-state index in [0.717, 1.165) is 30.8 Å². The Balaban J connectivity index is 1.51. The molecule has 1 aromatic carbocycles. The second kappa shape index (κ2) is 9.12. The molecule has 0 aromatic heterocycles. The Kier molecular flexibility index (Phi) is 6.75. The summed E-state index contributed by atoms with van der Waals surface area (Å²) in [5.74, 6) is -0.714. The molecule has 2 aliphatic rings. The van der Waals surface area contributed by atoms with Crippen LogP contribution in [0.2, 0.25) is 0 Å². The lowest BCUT2D eigenvalue weighted by atomic mass is 9.86. The number of esters is 1. The topological polar surface area (TPSA) is 79.0 Å². The van der Waals surface area contributed by atoms with Crippen molar-refractivity contribution in [1.29, 1.82) is 0 Å².